The molecule has 0 saturated carbocycles. The zero-order valence-corrected chi connectivity index (χ0v) is 12.1. The van der Waals surface area contributed by atoms with Gasteiger partial charge in [0.25, 0.3) is 0 Å². The van der Waals surface area contributed by atoms with Gasteiger partial charge in [0.1, 0.15) is 11.9 Å². The van der Waals surface area contributed by atoms with Crippen molar-refractivity contribution in [2.75, 3.05) is 25.0 Å². The molecule has 2 rings (SSSR count). The van der Waals surface area contributed by atoms with Gasteiger partial charge in [-0.25, -0.2) is 4.39 Å². The minimum atomic E-state index is -0.239. The molecular formula is C15H22FN3O. The van der Waals surface area contributed by atoms with Crippen molar-refractivity contribution in [1.29, 1.82) is 0 Å². The highest BCUT2D eigenvalue weighted by Crippen LogP contribution is 2.29. The van der Waals surface area contributed by atoms with Gasteiger partial charge in [-0.3, -0.25) is 4.79 Å². The average molecular weight is 279 g/mol. The number of anilines is 1. The highest BCUT2D eigenvalue weighted by molar-refractivity contribution is 5.86. The first-order valence-electron chi connectivity index (χ1n) is 7.14. The number of hydrogen-bond acceptors (Lipinski definition) is 3. The number of rotatable bonds is 5. The van der Waals surface area contributed by atoms with Crippen LogP contribution in [0.15, 0.2) is 18.2 Å². The van der Waals surface area contributed by atoms with E-state index in [1.807, 2.05) is 6.92 Å². The molecule has 4 nitrogen and oxygen atoms in total. The lowest BCUT2D eigenvalue weighted by atomic mass is 10.1. The van der Waals surface area contributed by atoms with E-state index in [9.17, 15) is 9.18 Å². The fourth-order valence-electron chi connectivity index (χ4n) is 2.73. The third kappa shape index (κ3) is 3.10. The first-order chi connectivity index (χ1) is 9.67. The highest BCUT2D eigenvalue weighted by Gasteiger charge is 2.31. The van der Waals surface area contributed by atoms with Crippen molar-refractivity contribution in [2.24, 2.45) is 0 Å². The lowest BCUT2D eigenvalue weighted by Crippen LogP contribution is -2.42. The molecule has 1 saturated heterocycles. The number of hydrogen-bond donors (Lipinski definition) is 2. The van der Waals surface area contributed by atoms with E-state index in [4.69, 9.17) is 0 Å². The zero-order valence-electron chi connectivity index (χ0n) is 12.1. The summed E-state index contributed by atoms with van der Waals surface area (Å²) in [5.41, 5.74) is 1.86. The maximum absolute atomic E-state index is 13.5. The molecule has 1 heterocycles. The summed E-state index contributed by atoms with van der Waals surface area (Å²) in [6, 6.07) is 4.65. The molecule has 1 amide bonds. The van der Waals surface area contributed by atoms with Gasteiger partial charge in [0.15, 0.2) is 0 Å². The Balaban J connectivity index is 2.28. The fraction of sp³-hybridized carbons (Fsp3) is 0.533. The Labute approximate surface area is 119 Å². The molecule has 2 N–H and O–H groups in total. The van der Waals surface area contributed by atoms with Crippen LogP contribution in [0.2, 0.25) is 0 Å². The molecule has 110 valence electrons. The van der Waals surface area contributed by atoms with Crippen LogP contribution in [0.1, 0.15) is 25.3 Å². The summed E-state index contributed by atoms with van der Waals surface area (Å²) in [6.45, 7) is 4.29. The van der Waals surface area contributed by atoms with Crippen molar-refractivity contribution in [3.05, 3.63) is 29.6 Å². The number of nitrogens with one attached hydrogen (secondary N) is 2. The zero-order chi connectivity index (χ0) is 14.5. The summed E-state index contributed by atoms with van der Waals surface area (Å²) < 4.78 is 13.5. The Bertz CT molecular complexity index is 478. The van der Waals surface area contributed by atoms with Gasteiger partial charge in [-0.15, -0.1) is 0 Å². The predicted molar refractivity (Wildman–Crippen MR) is 78.2 cm³/mol. The Morgan fingerprint density at radius 2 is 2.30 bits per heavy atom. The van der Waals surface area contributed by atoms with E-state index < -0.39 is 0 Å². The van der Waals surface area contributed by atoms with Crippen LogP contribution >= 0.6 is 0 Å². The third-order valence-electron chi connectivity index (χ3n) is 3.72. The summed E-state index contributed by atoms with van der Waals surface area (Å²) in [7, 11) is 1.66. The van der Waals surface area contributed by atoms with Crippen LogP contribution in [0.3, 0.4) is 0 Å². The van der Waals surface area contributed by atoms with Crippen molar-refractivity contribution in [2.45, 2.75) is 32.4 Å². The number of carbonyl (C=O) groups is 1. The van der Waals surface area contributed by atoms with Gasteiger partial charge in [-0.05, 0) is 43.1 Å². The first-order valence-corrected chi connectivity index (χ1v) is 7.14. The number of benzene rings is 1. The fourth-order valence-corrected chi connectivity index (χ4v) is 2.73. The Morgan fingerprint density at radius 3 is 3.00 bits per heavy atom. The van der Waals surface area contributed by atoms with Crippen molar-refractivity contribution in [3.8, 4) is 0 Å². The van der Waals surface area contributed by atoms with Crippen molar-refractivity contribution >= 4 is 11.6 Å². The normalized spacial score (nSPS) is 18.4. The number of carbonyl (C=O) groups excluding carboxylic acids is 1. The second-order valence-corrected chi connectivity index (χ2v) is 5.02. The molecule has 0 spiro atoms. The van der Waals surface area contributed by atoms with Crippen LogP contribution in [-0.2, 0) is 11.3 Å². The summed E-state index contributed by atoms with van der Waals surface area (Å²) in [5.74, 6) is -0.210. The van der Waals surface area contributed by atoms with E-state index in [-0.39, 0.29) is 17.8 Å². The first kappa shape index (κ1) is 14.8. The van der Waals surface area contributed by atoms with Gasteiger partial charge in [0.2, 0.25) is 5.91 Å². The van der Waals surface area contributed by atoms with E-state index in [1.54, 1.807) is 19.2 Å². The molecule has 1 aliphatic heterocycles. The van der Waals surface area contributed by atoms with Crippen LogP contribution < -0.4 is 15.5 Å². The van der Waals surface area contributed by atoms with E-state index in [2.05, 4.69) is 15.5 Å². The minimum Gasteiger partial charge on any atom is -0.359 e. The second kappa shape index (κ2) is 6.70. The largest absolute Gasteiger partial charge is 0.359 e. The predicted octanol–water partition coefficient (Wildman–Crippen LogP) is 1.65. The van der Waals surface area contributed by atoms with Crippen molar-refractivity contribution in [3.63, 3.8) is 0 Å². The van der Waals surface area contributed by atoms with Crippen LogP contribution in [0.25, 0.3) is 0 Å². The van der Waals surface area contributed by atoms with Gasteiger partial charge >= 0.3 is 0 Å². The highest BCUT2D eigenvalue weighted by atomic mass is 19.1. The third-order valence-corrected chi connectivity index (χ3v) is 3.72. The molecule has 1 fully saturated rings. The molecule has 1 unspecified atom stereocenters. The maximum atomic E-state index is 13.5. The monoisotopic (exact) mass is 279 g/mol. The molecule has 0 aliphatic carbocycles. The number of likely N-dealkylation sites (N-methyl/N-ethyl adjacent to an activating group) is 1. The molecule has 0 aromatic heterocycles. The molecule has 20 heavy (non-hydrogen) atoms. The smallest absolute Gasteiger partial charge is 0.242 e. The van der Waals surface area contributed by atoms with Gasteiger partial charge in [0.05, 0.1) is 0 Å². The topological polar surface area (TPSA) is 44.4 Å². The Kier molecular flexibility index (Phi) is 4.95. The van der Waals surface area contributed by atoms with Crippen LogP contribution in [0.5, 0.6) is 0 Å². The van der Waals surface area contributed by atoms with Gasteiger partial charge in [0, 0.05) is 25.8 Å². The molecule has 1 aromatic carbocycles. The average Bonchev–Trinajstić information content (AvgIpc) is 2.93. The molecule has 0 bridgehead atoms. The van der Waals surface area contributed by atoms with Crippen molar-refractivity contribution < 1.29 is 9.18 Å². The molecule has 1 aromatic rings. The molecule has 5 heteroatoms. The number of halogens is 1. The van der Waals surface area contributed by atoms with Gasteiger partial charge in [-0.2, -0.15) is 0 Å². The quantitative estimate of drug-likeness (QED) is 0.861. The summed E-state index contributed by atoms with van der Waals surface area (Å²) in [6.07, 6.45) is 1.83. The SMILES string of the molecule is CCNCc1cc(F)ccc1N1CCCC1C(=O)NC. The summed E-state index contributed by atoms with van der Waals surface area (Å²) >= 11 is 0. The van der Waals surface area contributed by atoms with E-state index in [1.165, 1.54) is 6.07 Å². The lowest BCUT2D eigenvalue weighted by molar-refractivity contribution is -0.121. The van der Waals surface area contributed by atoms with Crippen LogP contribution in [-0.4, -0.2) is 32.1 Å². The van der Waals surface area contributed by atoms with Crippen LogP contribution in [0.4, 0.5) is 10.1 Å². The minimum absolute atomic E-state index is 0.0289. The van der Waals surface area contributed by atoms with Crippen molar-refractivity contribution in [1.82, 2.24) is 10.6 Å². The molecular weight excluding hydrogens is 257 g/mol. The standard InChI is InChI=1S/C15H22FN3O/c1-3-18-10-11-9-12(16)6-7-13(11)19-8-4-5-14(19)15(20)17-2/h6-7,9,14,18H,3-5,8,10H2,1-2H3,(H,17,20). The lowest BCUT2D eigenvalue weighted by Gasteiger charge is -2.28. The summed E-state index contributed by atoms with van der Waals surface area (Å²) in [4.78, 5) is 14.0. The molecule has 0 radical (unpaired) electrons. The van der Waals surface area contributed by atoms with E-state index in [0.717, 1.165) is 37.2 Å². The number of nitrogens with zero attached hydrogens (tertiary/aromatic N) is 1. The number of amides is 1. The van der Waals surface area contributed by atoms with Crippen LogP contribution in [0, 0.1) is 5.82 Å². The Hall–Kier alpha value is -1.62. The molecule has 1 atom stereocenters. The van der Waals surface area contributed by atoms with Gasteiger partial charge in [-0.1, -0.05) is 6.92 Å². The van der Waals surface area contributed by atoms with E-state index >= 15 is 0 Å². The second-order valence-electron chi connectivity index (χ2n) is 5.02. The molecule has 1 aliphatic rings. The maximum Gasteiger partial charge on any atom is 0.242 e. The van der Waals surface area contributed by atoms with E-state index in [0.29, 0.717) is 6.54 Å². The Morgan fingerprint density at radius 1 is 1.50 bits per heavy atom. The summed E-state index contributed by atoms with van der Waals surface area (Å²) in [5, 5.41) is 5.93. The van der Waals surface area contributed by atoms with Gasteiger partial charge < -0.3 is 15.5 Å².